The zero-order chi connectivity index (χ0) is 15.0. The molecule has 1 aromatic carbocycles. The van der Waals surface area contributed by atoms with Crippen LogP contribution < -0.4 is 5.32 Å². The molecule has 108 valence electrons. The molecule has 0 fully saturated rings. The van der Waals surface area contributed by atoms with Crippen molar-refractivity contribution in [3.63, 3.8) is 0 Å². The molecule has 20 heavy (non-hydrogen) atoms. The molecule has 0 spiro atoms. The Morgan fingerprint density at radius 3 is 2.75 bits per heavy atom. The molecule has 8 nitrogen and oxygen atoms in total. The third-order valence-corrected chi connectivity index (χ3v) is 2.13. The summed E-state index contributed by atoms with van der Waals surface area (Å²) in [7, 11) is 0. The summed E-state index contributed by atoms with van der Waals surface area (Å²) in [5, 5.41) is 13.0. The Hall–Kier alpha value is -2.48. The number of non-ortho nitro benzene ring substituents is 1. The van der Waals surface area contributed by atoms with Crippen LogP contribution in [-0.4, -0.2) is 36.6 Å². The lowest BCUT2D eigenvalue weighted by Crippen LogP contribution is -2.22. The maximum Gasteiger partial charge on any atom is 0.332 e. The molecule has 0 radical (unpaired) electrons. The molecule has 0 aliphatic rings. The first-order chi connectivity index (χ1) is 9.52. The Bertz CT molecular complexity index is 502. The summed E-state index contributed by atoms with van der Waals surface area (Å²) < 4.78 is 9.45. The molecule has 0 atom stereocenters. The zero-order valence-electron chi connectivity index (χ0n) is 10.8. The van der Waals surface area contributed by atoms with Crippen LogP contribution in [0.25, 0.3) is 0 Å². The van der Waals surface area contributed by atoms with Gasteiger partial charge in [-0.2, -0.15) is 0 Å². The van der Waals surface area contributed by atoms with Gasteiger partial charge in [0.2, 0.25) is 0 Å². The fourth-order valence-electron chi connectivity index (χ4n) is 1.27. The molecule has 0 aliphatic heterocycles. The number of carbonyl (C=O) groups is 2. The van der Waals surface area contributed by atoms with Gasteiger partial charge in [0.25, 0.3) is 11.6 Å². The standard InChI is InChI=1S/C12H14N2O6/c1-2-19-8-12(16)20-7-11(15)13-9-4-3-5-10(6-9)14(17)18/h3-6H,2,7-8H2,1H3,(H,13,15). The monoisotopic (exact) mass is 282 g/mol. The normalized spacial score (nSPS) is 9.85. The van der Waals surface area contributed by atoms with E-state index in [9.17, 15) is 19.7 Å². The van der Waals surface area contributed by atoms with Crippen molar-refractivity contribution in [2.45, 2.75) is 6.92 Å². The van der Waals surface area contributed by atoms with Gasteiger partial charge >= 0.3 is 5.97 Å². The topological polar surface area (TPSA) is 108 Å². The highest BCUT2D eigenvalue weighted by Gasteiger charge is 2.10. The van der Waals surface area contributed by atoms with Crippen molar-refractivity contribution in [3.05, 3.63) is 34.4 Å². The van der Waals surface area contributed by atoms with Crippen LogP contribution in [0.4, 0.5) is 11.4 Å². The average Bonchev–Trinajstić information content (AvgIpc) is 2.43. The highest BCUT2D eigenvalue weighted by Crippen LogP contribution is 2.16. The van der Waals surface area contributed by atoms with Crippen molar-refractivity contribution in [2.75, 3.05) is 25.1 Å². The molecule has 0 aliphatic carbocycles. The van der Waals surface area contributed by atoms with Crippen LogP contribution in [0.5, 0.6) is 0 Å². The number of hydrogen-bond donors (Lipinski definition) is 1. The van der Waals surface area contributed by atoms with E-state index in [2.05, 4.69) is 10.1 Å². The third kappa shape index (κ3) is 5.44. The van der Waals surface area contributed by atoms with Gasteiger partial charge in [-0.05, 0) is 13.0 Å². The van der Waals surface area contributed by atoms with Gasteiger partial charge in [-0.15, -0.1) is 0 Å². The van der Waals surface area contributed by atoms with Crippen LogP contribution in [0.2, 0.25) is 0 Å². The predicted octanol–water partition coefficient (Wildman–Crippen LogP) is 1.11. The van der Waals surface area contributed by atoms with E-state index in [0.717, 1.165) is 0 Å². The second-order valence-corrected chi connectivity index (χ2v) is 3.65. The van der Waals surface area contributed by atoms with Gasteiger partial charge in [0.05, 0.1) is 4.92 Å². The fourth-order valence-corrected chi connectivity index (χ4v) is 1.27. The molecule has 0 unspecified atom stereocenters. The van der Waals surface area contributed by atoms with Crippen molar-refractivity contribution in [2.24, 2.45) is 0 Å². The van der Waals surface area contributed by atoms with Crippen molar-refractivity contribution in [3.8, 4) is 0 Å². The number of nitrogens with one attached hydrogen (secondary N) is 1. The largest absolute Gasteiger partial charge is 0.454 e. The van der Waals surface area contributed by atoms with Gasteiger partial charge in [-0.3, -0.25) is 14.9 Å². The van der Waals surface area contributed by atoms with Crippen molar-refractivity contribution >= 4 is 23.3 Å². The summed E-state index contributed by atoms with van der Waals surface area (Å²) in [5.41, 5.74) is 0.112. The van der Waals surface area contributed by atoms with Crippen LogP contribution in [0, 0.1) is 10.1 Å². The number of ether oxygens (including phenoxy) is 2. The molecule has 1 N–H and O–H groups in total. The number of nitro groups is 1. The number of rotatable bonds is 7. The molecule has 8 heteroatoms. The zero-order valence-corrected chi connectivity index (χ0v) is 10.8. The number of esters is 1. The lowest BCUT2D eigenvalue weighted by molar-refractivity contribution is -0.384. The molecule has 0 heterocycles. The van der Waals surface area contributed by atoms with E-state index in [-0.39, 0.29) is 18.0 Å². The molecular weight excluding hydrogens is 268 g/mol. The fraction of sp³-hybridized carbons (Fsp3) is 0.333. The van der Waals surface area contributed by atoms with Crippen molar-refractivity contribution < 1.29 is 24.0 Å². The Labute approximate surface area is 114 Å². The molecule has 0 saturated heterocycles. The molecule has 1 amide bonds. The summed E-state index contributed by atoms with van der Waals surface area (Å²) in [6.45, 7) is 1.40. The van der Waals surface area contributed by atoms with Gasteiger partial charge in [0.15, 0.2) is 6.61 Å². The number of carbonyl (C=O) groups excluding carboxylic acids is 2. The SMILES string of the molecule is CCOCC(=O)OCC(=O)Nc1cccc([N+](=O)[O-])c1. The summed E-state index contributed by atoms with van der Waals surface area (Å²) >= 11 is 0. The van der Waals surface area contributed by atoms with E-state index in [0.29, 0.717) is 6.61 Å². The quantitative estimate of drug-likeness (QED) is 0.456. The maximum atomic E-state index is 11.5. The maximum absolute atomic E-state index is 11.5. The van der Waals surface area contributed by atoms with E-state index in [1.54, 1.807) is 6.92 Å². The number of anilines is 1. The van der Waals surface area contributed by atoms with Crippen LogP contribution in [0.1, 0.15) is 6.92 Å². The van der Waals surface area contributed by atoms with E-state index in [4.69, 9.17) is 4.74 Å². The first-order valence-corrected chi connectivity index (χ1v) is 5.80. The van der Waals surface area contributed by atoms with E-state index in [1.807, 2.05) is 0 Å². The summed E-state index contributed by atoms with van der Waals surface area (Å²) in [6, 6.07) is 5.44. The Morgan fingerprint density at radius 2 is 2.10 bits per heavy atom. The third-order valence-electron chi connectivity index (χ3n) is 2.13. The summed E-state index contributed by atoms with van der Waals surface area (Å²) in [4.78, 5) is 32.6. The lowest BCUT2D eigenvalue weighted by Gasteiger charge is -2.06. The smallest absolute Gasteiger partial charge is 0.332 e. The Balaban J connectivity index is 2.44. The second kappa shape index (κ2) is 7.85. The van der Waals surface area contributed by atoms with E-state index >= 15 is 0 Å². The summed E-state index contributed by atoms with van der Waals surface area (Å²) in [6.07, 6.45) is 0. The number of hydrogen-bond acceptors (Lipinski definition) is 6. The average molecular weight is 282 g/mol. The molecular formula is C12H14N2O6. The van der Waals surface area contributed by atoms with Crippen molar-refractivity contribution in [1.82, 2.24) is 0 Å². The number of nitrogens with zero attached hydrogens (tertiary/aromatic N) is 1. The highest BCUT2D eigenvalue weighted by atomic mass is 16.6. The van der Waals surface area contributed by atoms with Crippen LogP contribution in [0.15, 0.2) is 24.3 Å². The minimum absolute atomic E-state index is 0.142. The Kier molecular flexibility index (Phi) is 6.11. The van der Waals surface area contributed by atoms with Crippen LogP contribution >= 0.6 is 0 Å². The first-order valence-electron chi connectivity index (χ1n) is 5.80. The molecule has 0 saturated carbocycles. The van der Waals surface area contributed by atoms with Crippen LogP contribution in [0.3, 0.4) is 0 Å². The van der Waals surface area contributed by atoms with E-state index < -0.39 is 23.4 Å². The van der Waals surface area contributed by atoms with Gasteiger partial charge in [0.1, 0.15) is 6.61 Å². The summed E-state index contributed by atoms with van der Waals surface area (Å²) in [5.74, 6) is -1.24. The van der Waals surface area contributed by atoms with Crippen molar-refractivity contribution in [1.29, 1.82) is 0 Å². The van der Waals surface area contributed by atoms with E-state index in [1.165, 1.54) is 24.3 Å². The van der Waals surface area contributed by atoms with Gasteiger partial charge < -0.3 is 14.8 Å². The Morgan fingerprint density at radius 1 is 1.35 bits per heavy atom. The molecule has 1 aromatic rings. The highest BCUT2D eigenvalue weighted by molar-refractivity contribution is 5.93. The van der Waals surface area contributed by atoms with Crippen LogP contribution in [-0.2, 0) is 19.1 Å². The lowest BCUT2D eigenvalue weighted by atomic mass is 10.3. The minimum Gasteiger partial charge on any atom is -0.454 e. The van der Waals surface area contributed by atoms with Gasteiger partial charge in [-0.25, -0.2) is 4.79 Å². The first kappa shape index (κ1) is 15.6. The number of benzene rings is 1. The predicted molar refractivity (Wildman–Crippen MR) is 69.2 cm³/mol. The van der Waals surface area contributed by atoms with Gasteiger partial charge in [0, 0.05) is 24.4 Å². The minimum atomic E-state index is -0.652. The molecule has 1 rings (SSSR count). The number of amides is 1. The van der Waals surface area contributed by atoms with Gasteiger partial charge in [-0.1, -0.05) is 6.07 Å². The second-order valence-electron chi connectivity index (χ2n) is 3.65. The molecule has 0 aromatic heterocycles. The molecule has 0 bridgehead atoms. The number of nitro benzene ring substituents is 1.